The summed E-state index contributed by atoms with van der Waals surface area (Å²) in [7, 11) is 1.98. The molecule has 0 unspecified atom stereocenters. The molecule has 0 atom stereocenters. The van der Waals surface area contributed by atoms with Gasteiger partial charge in [0.05, 0.1) is 5.69 Å². The van der Waals surface area contributed by atoms with Gasteiger partial charge in [-0.25, -0.2) is 4.98 Å². The molecule has 116 valence electrons. The van der Waals surface area contributed by atoms with Crippen molar-refractivity contribution in [2.45, 2.75) is 46.1 Å². The molecule has 0 aromatic carbocycles. The third kappa shape index (κ3) is 2.52. The van der Waals surface area contributed by atoms with Gasteiger partial charge in [-0.15, -0.1) is 0 Å². The van der Waals surface area contributed by atoms with Crippen molar-refractivity contribution in [3.63, 3.8) is 0 Å². The first-order valence-electron chi connectivity index (χ1n) is 7.79. The quantitative estimate of drug-likeness (QED) is 0.936. The number of hydrogen-bond donors (Lipinski definition) is 1. The van der Waals surface area contributed by atoms with Crippen molar-refractivity contribution in [3.8, 4) is 0 Å². The molecular weight excluding hydrogens is 266 g/mol. The zero-order valence-electron chi connectivity index (χ0n) is 13.2. The second kappa shape index (κ2) is 5.33. The number of hydrogen-bond acceptors (Lipinski definition) is 4. The normalized spacial score (nSPS) is 18.4. The first kappa shape index (κ1) is 14.4. The van der Waals surface area contributed by atoms with Crippen LogP contribution in [0, 0.1) is 5.41 Å². The summed E-state index contributed by atoms with van der Waals surface area (Å²) in [5.41, 5.74) is 9.47. The van der Waals surface area contributed by atoms with Crippen molar-refractivity contribution < 1.29 is 4.74 Å². The lowest BCUT2D eigenvalue weighted by atomic mass is 9.82. The number of imidazole rings is 1. The van der Waals surface area contributed by atoms with Gasteiger partial charge in [-0.2, -0.15) is 5.10 Å². The van der Waals surface area contributed by atoms with Gasteiger partial charge in [0.25, 0.3) is 0 Å². The van der Waals surface area contributed by atoms with Gasteiger partial charge >= 0.3 is 0 Å². The van der Waals surface area contributed by atoms with E-state index in [4.69, 9.17) is 10.5 Å². The molecule has 6 heteroatoms. The van der Waals surface area contributed by atoms with Crippen molar-refractivity contribution >= 4 is 17.1 Å². The van der Waals surface area contributed by atoms with Crippen LogP contribution in [0.15, 0.2) is 0 Å². The van der Waals surface area contributed by atoms with Crippen LogP contribution in [0.5, 0.6) is 0 Å². The number of rotatable bonds is 4. The van der Waals surface area contributed by atoms with Gasteiger partial charge in [0.1, 0.15) is 5.52 Å². The van der Waals surface area contributed by atoms with E-state index in [0.29, 0.717) is 5.95 Å². The summed E-state index contributed by atoms with van der Waals surface area (Å²) in [4.78, 5) is 4.58. The topological polar surface area (TPSA) is 70.9 Å². The molecule has 1 aliphatic heterocycles. The highest BCUT2D eigenvalue weighted by Crippen LogP contribution is 2.34. The highest BCUT2D eigenvalue weighted by atomic mass is 16.5. The summed E-state index contributed by atoms with van der Waals surface area (Å²) in [5, 5.41) is 4.61. The summed E-state index contributed by atoms with van der Waals surface area (Å²) in [6, 6.07) is 0. The van der Waals surface area contributed by atoms with E-state index < -0.39 is 0 Å². The maximum atomic E-state index is 6.19. The third-order valence-corrected chi connectivity index (χ3v) is 4.55. The van der Waals surface area contributed by atoms with E-state index in [0.717, 1.165) is 62.3 Å². The van der Waals surface area contributed by atoms with Crippen molar-refractivity contribution in [2.75, 3.05) is 18.9 Å². The van der Waals surface area contributed by atoms with E-state index in [1.54, 1.807) is 0 Å². The molecule has 6 nitrogen and oxygen atoms in total. The van der Waals surface area contributed by atoms with Crippen molar-refractivity contribution in [1.29, 1.82) is 0 Å². The van der Waals surface area contributed by atoms with Gasteiger partial charge in [-0.05, 0) is 24.7 Å². The number of fused-ring (bicyclic) bond motifs is 1. The summed E-state index contributed by atoms with van der Waals surface area (Å²) in [6.07, 6.45) is 4.13. The summed E-state index contributed by atoms with van der Waals surface area (Å²) in [5.74, 6) is 0.600. The Balaban J connectivity index is 2.00. The van der Waals surface area contributed by atoms with Crippen molar-refractivity contribution in [1.82, 2.24) is 19.3 Å². The number of ether oxygens (including phenoxy) is 1. The highest BCUT2D eigenvalue weighted by molar-refractivity contribution is 5.77. The van der Waals surface area contributed by atoms with E-state index in [-0.39, 0.29) is 5.41 Å². The van der Waals surface area contributed by atoms with Crippen LogP contribution in [0.1, 0.15) is 38.8 Å². The largest absolute Gasteiger partial charge is 0.381 e. The summed E-state index contributed by atoms with van der Waals surface area (Å²) in [6.45, 7) is 7.01. The number of anilines is 1. The van der Waals surface area contributed by atoms with Crippen molar-refractivity contribution in [2.24, 2.45) is 12.5 Å². The molecule has 1 fully saturated rings. The fourth-order valence-electron chi connectivity index (χ4n) is 3.22. The molecule has 2 N–H and O–H groups in total. The molecule has 3 heterocycles. The van der Waals surface area contributed by atoms with Gasteiger partial charge in [-0.3, -0.25) is 9.25 Å². The van der Waals surface area contributed by atoms with Gasteiger partial charge in [0, 0.05) is 26.8 Å². The Hall–Kier alpha value is -1.56. The minimum Gasteiger partial charge on any atom is -0.381 e. The second-order valence-corrected chi connectivity index (χ2v) is 6.47. The zero-order valence-corrected chi connectivity index (χ0v) is 13.2. The average Bonchev–Trinajstić information content (AvgIpc) is 2.90. The van der Waals surface area contributed by atoms with Crippen LogP contribution < -0.4 is 5.73 Å². The van der Waals surface area contributed by atoms with Gasteiger partial charge in [-0.1, -0.05) is 20.3 Å². The molecule has 1 saturated heterocycles. The maximum absolute atomic E-state index is 6.19. The monoisotopic (exact) mass is 291 g/mol. The number of nitrogens with two attached hydrogens (primary N) is 1. The Morgan fingerprint density at radius 1 is 1.33 bits per heavy atom. The molecule has 0 bridgehead atoms. The summed E-state index contributed by atoms with van der Waals surface area (Å²) < 4.78 is 9.54. The number of aromatic nitrogens is 4. The van der Waals surface area contributed by atoms with Gasteiger partial charge < -0.3 is 10.5 Å². The zero-order chi connectivity index (χ0) is 15.0. The standard InChI is InChI=1S/C15H25N5O/c1-4-5-11-12-13(19(3)18-11)20(14(16)17-12)10-15(2)6-8-21-9-7-15/h4-10H2,1-3H3,(H2,16,17). The lowest BCUT2D eigenvalue weighted by Crippen LogP contribution is -2.31. The van der Waals surface area contributed by atoms with Crippen LogP contribution in [0.2, 0.25) is 0 Å². The molecule has 2 aromatic rings. The maximum Gasteiger partial charge on any atom is 0.202 e. The van der Waals surface area contributed by atoms with Crippen LogP contribution in [-0.2, 0) is 24.8 Å². The van der Waals surface area contributed by atoms with Gasteiger partial charge in [0.15, 0.2) is 5.65 Å². The Morgan fingerprint density at radius 3 is 2.71 bits per heavy atom. The van der Waals surface area contributed by atoms with Crippen molar-refractivity contribution in [3.05, 3.63) is 5.69 Å². The predicted molar refractivity (Wildman–Crippen MR) is 83.1 cm³/mol. The SMILES string of the molecule is CCCc1nn(C)c2c1nc(N)n2CC1(C)CCOCC1. The number of nitrogens with zero attached hydrogens (tertiary/aromatic N) is 4. The van der Waals surface area contributed by atoms with Crippen LogP contribution in [0.3, 0.4) is 0 Å². The Kier molecular flexibility index (Phi) is 3.65. The summed E-state index contributed by atoms with van der Waals surface area (Å²) >= 11 is 0. The van der Waals surface area contributed by atoms with Crippen LogP contribution >= 0.6 is 0 Å². The van der Waals surface area contributed by atoms with E-state index in [1.807, 2.05) is 11.7 Å². The predicted octanol–water partition coefficient (Wildman–Crippen LogP) is 2.12. The molecular formula is C15H25N5O. The van der Waals surface area contributed by atoms with E-state index >= 15 is 0 Å². The fourth-order valence-corrected chi connectivity index (χ4v) is 3.22. The Labute approximate surface area is 125 Å². The smallest absolute Gasteiger partial charge is 0.202 e. The lowest BCUT2D eigenvalue weighted by Gasteiger charge is -2.34. The van der Waals surface area contributed by atoms with Crippen LogP contribution in [0.25, 0.3) is 11.2 Å². The number of nitrogen functional groups attached to an aromatic ring is 1. The first-order valence-corrected chi connectivity index (χ1v) is 7.79. The molecule has 3 rings (SSSR count). The van der Waals surface area contributed by atoms with E-state index in [2.05, 4.69) is 28.5 Å². The van der Waals surface area contributed by atoms with E-state index in [1.165, 1.54) is 0 Å². The second-order valence-electron chi connectivity index (χ2n) is 6.47. The van der Waals surface area contributed by atoms with E-state index in [9.17, 15) is 0 Å². The third-order valence-electron chi connectivity index (χ3n) is 4.55. The minimum atomic E-state index is 0.217. The molecule has 0 amide bonds. The molecule has 1 aliphatic rings. The molecule has 0 saturated carbocycles. The first-order chi connectivity index (χ1) is 10.0. The van der Waals surface area contributed by atoms with Crippen LogP contribution in [0.4, 0.5) is 5.95 Å². The Bertz CT molecular complexity index is 636. The molecule has 0 spiro atoms. The fraction of sp³-hybridized carbons (Fsp3) is 0.733. The lowest BCUT2D eigenvalue weighted by molar-refractivity contribution is 0.0162. The highest BCUT2D eigenvalue weighted by Gasteiger charge is 2.30. The van der Waals surface area contributed by atoms with Crippen LogP contribution in [-0.4, -0.2) is 32.5 Å². The molecule has 0 radical (unpaired) electrons. The average molecular weight is 291 g/mol. The van der Waals surface area contributed by atoms with Gasteiger partial charge in [0.2, 0.25) is 5.95 Å². The molecule has 21 heavy (non-hydrogen) atoms. The molecule has 0 aliphatic carbocycles. The number of aryl methyl sites for hydroxylation is 2. The molecule has 2 aromatic heterocycles. The Morgan fingerprint density at radius 2 is 2.05 bits per heavy atom. The minimum absolute atomic E-state index is 0.217.